The van der Waals surface area contributed by atoms with Gasteiger partial charge in [0.1, 0.15) is 0 Å². The third-order valence-corrected chi connectivity index (χ3v) is 15.3. The van der Waals surface area contributed by atoms with E-state index in [2.05, 4.69) is 118 Å². The normalized spacial score (nSPS) is 11.5. The topological polar surface area (TPSA) is 25.8 Å². The number of benzene rings is 1. The average molecular weight is 799 g/mol. The first-order chi connectivity index (χ1) is 27.1. The molecule has 0 saturated carbocycles. The highest BCUT2D eigenvalue weighted by Crippen LogP contribution is 2.41. The highest BCUT2D eigenvalue weighted by Gasteiger charge is 2.15. The van der Waals surface area contributed by atoms with Crippen LogP contribution < -0.4 is 0 Å². The van der Waals surface area contributed by atoms with Crippen LogP contribution in [-0.2, 0) is 12.8 Å². The van der Waals surface area contributed by atoms with E-state index in [1.807, 2.05) is 51.5 Å². The summed E-state index contributed by atoms with van der Waals surface area (Å²) in [6.45, 7) is 6.72. The Labute approximate surface area is 345 Å². The molecular formula is C49H54N2S4. The summed E-state index contributed by atoms with van der Waals surface area (Å²) in [4.78, 5) is 21.1. The molecule has 0 spiro atoms. The predicted molar refractivity (Wildman–Crippen MR) is 245 cm³/mol. The monoisotopic (exact) mass is 798 g/mol. The van der Waals surface area contributed by atoms with Crippen LogP contribution in [0, 0.1) is 6.92 Å². The van der Waals surface area contributed by atoms with E-state index < -0.39 is 0 Å². The first kappa shape index (κ1) is 39.6. The minimum Gasteiger partial charge on any atom is -0.255 e. The molecule has 0 bridgehead atoms. The van der Waals surface area contributed by atoms with Crippen molar-refractivity contribution in [3.05, 3.63) is 119 Å². The van der Waals surface area contributed by atoms with Gasteiger partial charge in [0.25, 0.3) is 0 Å². The summed E-state index contributed by atoms with van der Waals surface area (Å²) >= 11 is 7.67. The van der Waals surface area contributed by atoms with E-state index in [4.69, 9.17) is 9.97 Å². The van der Waals surface area contributed by atoms with E-state index in [0.717, 1.165) is 22.6 Å². The Morgan fingerprint density at radius 2 is 0.927 bits per heavy atom. The fourth-order valence-electron chi connectivity index (χ4n) is 7.18. The molecular weight excluding hydrogens is 745 g/mol. The zero-order valence-electron chi connectivity index (χ0n) is 32.7. The summed E-state index contributed by atoms with van der Waals surface area (Å²) < 4.78 is 0. The predicted octanol–water partition coefficient (Wildman–Crippen LogP) is 16.8. The minimum atomic E-state index is 0.898. The number of pyridine rings is 2. The Balaban J connectivity index is 1.10. The lowest BCUT2D eigenvalue weighted by molar-refractivity contribution is 0.609. The number of hydrogen-bond acceptors (Lipinski definition) is 6. The highest BCUT2D eigenvalue weighted by molar-refractivity contribution is 7.24. The quantitative estimate of drug-likeness (QED) is 0.0718. The van der Waals surface area contributed by atoms with Crippen molar-refractivity contribution < 1.29 is 0 Å². The molecule has 7 aromatic rings. The van der Waals surface area contributed by atoms with Gasteiger partial charge in [-0.2, -0.15) is 0 Å². The summed E-state index contributed by atoms with van der Waals surface area (Å²) in [5.74, 6) is 0. The third-order valence-electron chi connectivity index (χ3n) is 10.3. The Kier molecular flexibility index (Phi) is 14.3. The number of thiophene rings is 4. The Morgan fingerprint density at radius 1 is 0.418 bits per heavy atom. The van der Waals surface area contributed by atoms with Crippen molar-refractivity contribution in [1.29, 1.82) is 0 Å². The van der Waals surface area contributed by atoms with Gasteiger partial charge in [-0.25, -0.2) is 4.98 Å². The number of hydrogen-bond donors (Lipinski definition) is 0. The molecule has 0 N–H and O–H groups in total. The maximum absolute atomic E-state index is 5.25. The molecule has 0 fully saturated rings. The van der Waals surface area contributed by atoms with E-state index in [0.29, 0.717) is 0 Å². The van der Waals surface area contributed by atoms with Crippen molar-refractivity contribution >= 4 is 45.3 Å². The van der Waals surface area contributed by atoms with Crippen molar-refractivity contribution in [2.24, 2.45) is 0 Å². The molecule has 0 aliphatic carbocycles. The average Bonchev–Trinajstić information content (AvgIpc) is 4.05. The lowest BCUT2D eigenvalue weighted by Gasteiger charge is -2.10. The Hall–Kier alpha value is -3.68. The van der Waals surface area contributed by atoms with Crippen molar-refractivity contribution in [3.8, 4) is 63.0 Å². The van der Waals surface area contributed by atoms with Crippen LogP contribution in [0.2, 0.25) is 0 Å². The molecule has 6 heterocycles. The maximum Gasteiger partial charge on any atom is 0.0900 e. The molecule has 0 radical (unpaired) electrons. The van der Waals surface area contributed by atoms with Crippen LogP contribution >= 0.6 is 45.3 Å². The van der Waals surface area contributed by atoms with Gasteiger partial charge in [0.2, 0.25) is 0 Å². The van der Waals surface area contributed by atoms with Gasteiger partial charge in [0, 0.05) is 50.8 Å². The van der Waals surface area contributed by atoms with Gasteiger partial charge in [-0.3, -0.25) is 4.98 Å². The molecule has 0 saturated heterocycles. The fourth-order valence-corrected chi connectivity index (χ4v) is 11.5. The molecule has 284 valence electrons. The first-order valence-electron chi connectivity index (χ1n) is 20.5. The van der Waals surface area contributed by atoms with Crippen LogP contribution in [-0.4, -0.2) is 9.97 Å². The molecule has 7 rings (SSSR count). The number of nitrogens with zero attached hydrogens (tertiary/aromatic N) is 2. The molecule has 55 heavy (non-hydrogen) atoms. The van der Waals surface area contributed by atoms with Crippen LogP contribution in [0.1, 0.15) is 106 Å². The lowest BCUT2D eigenvalue weighted by atomic mass is 10.0. The summed E-state index contributed by atoms with van der Waals surface area (Å²) in [6.07, 6.45) is 20.4. The van der Waals surface area contributed by atoms with Crippen molar-refractivity contribution in [3.63, 3.8) is 0 Å². The van der Waals surface area contributed by atoms with E-state index in [1.165, 1.54) is 146 Å². The van der Waals surface area contributed by atoms with Crippen LogP contribution in [0.3, 0.4) is 0 Å². The van der Waals surface area contributed by atoms with Crippen LogP contribution in [0.15, 0.2) is 103 Å². The first-order valence-corrected chi connectivity index (χ1v) is 23.8. The lowest BCUT2D eigenvalue weighted by Crippen LogP contribution is -1.93. The van der Waals surface area contributed by atoms with Gasteiger partial charge in [0.15, 0.2) is 0 Å². The fraction of sp³-hybridized carbons (Fsp3) is 0.347. The molecule has 6 aromatic heterocycles. The number of aromatic nitrogens is 2. The molecule has 0 unspecified atom stereocenters. The Bertz CT molecular complexity index is 2250. The van der Waals surface area contributed by atoms with Gasteiger partial charge in [0.05, 0.1) is 17.1 Å². The number of unbranched alkanes of at least 4 members (excludes halogenated alkanes) is 10. The molecule has 1 aromatic carbocycles. The van der Waals surface area contributed by atoms with Crippen molar-refractivity contribution in [2.45, 2.75) is 111 Å². The molecule has 2 nitrogen and oxygen atoms in total. The van der Waals surface area contributed by atoms with Gasteiger partial charge >= 0.3 is 0 Å². The maximum atomic E-state index is 5.25. The summed E-state index contributed by atoms with van der Waals surface area (Å²) in [6, 6.07) is 36.0. The number of rotatable bonds is 20. The molecule has 0 amide bonds. The van der Waals surface area contributed by atoms with Crippen LogP contribution in [0.4, 0.5) is 0 Å². The minimum absolute atomic E-state index is 0.898. The van der Waals surface area contributed by atoms with E-state index >= 15 is 0 Å². The summed E-state index contributed by atoms with van der Waals surface area (Å²) in [5.41, 5.74) is 7.50. The molecule has 0 atom stereocenters. The van der Waals surface area contributed by atoms with Crippen molar-refractivity contribution in [2.75, 3.05) is 0 Å². The van der Waals surface area contributed by atoms with Gasteiger partial charge < -0.3 is 0 Å². The molecule has 0 aliphatic rings. The van der Waals surface area contributed by atoms with Gasteiger partial charge in [-0.05, 0) is 123 Å². The van der Waals surface area contributed by atoms with Crippen LogP contribution in [0.5, 0.6) is 0 Å². The van der Waals surface area contributed by atoms with Gasteiger partial charge in [-0.1, -0.05) is 102 Å². The zero-order chi connectivity index (χ0) is 37.8. The second-order valence-corrected chi connectivity index (χ2v) is 19.3. The smallest absolute Gasteiger partial charge is 0.0900 e. The summed E-state index contributed by atoms with van der Waals surface area (Å²) in [7, 11) is 0. The second kappa shape index (κ2) is 20.0. The standard InChI is InChI=1S/C49H54N2S4/c1-4-6-8-10-12-14-19-39-21-23-46(52-39)48-27-25-44(54-48)37-29-30-50-42(32-37)43-34-38(33-41(51-43)36-18-16-17-35(3)31-36)45-26-28-49(55-45)47-24-22-40(53-47)20-15-13-11-9-7-5-2/h16-18,21-34H,4-15,19-20H2,1-3H3. The Morgan fingerprint density at radius 3 is 1.55 bits per heavy atom. The number of aryl methyl sites for hydroxylation is 3. The van der Waals surface area contributed by atoms with Crippen molar-refractivity contribution in [1.82, 2.24) is 9.97 Å². The molecule has 0 aliphatic heterocycles. The van der Waals surface area contributed by atoms with Crippen LogP contribution in [0.25, 0.3) is 63.0 Å². The molecule has 6 heteroatoms. The second-order valence-electron chi connectivity index (χ2n) is 14.8. The van der Waals surface area contributed by atoms with Gasteiger partial charge in [-0.15, -0.1) is 45.3 Å². The third kappa shape index (κ3) is 10.8. The summed E-state index contributed by atoms with van der Waals surface area (Å²) in [5, 5.41) is 0. The SMILES string of the molecule is CCCCCCCCc1ccc(-c2ccc(-c3ccnc(-c4cc(-c5ccc(-c6ccc(CCCCCCCC)s6)s5)cc(-c5cccc(C)c5)n4)c3)s2)s1. The van der Waals surface area contributed by atoms with E-state index in [1.54, 1.807) is 0 Å². The largest absolute Gasteiger partial charge is 0.255 e. The van der Waals surface area contributed by atoms with E-state index in [9.17, 15) is 0 Å². The zero-order valence-corrected chi connectivity index (χ0v) is 36.0. The van der Waals surface area contributed by atoms with E-state index in [-0.39, 0.29) is 0 Å². The highest BCUT2D eigenvalue weighted by atomic mass is 32.1.